The van der Waals surface area contributed by atoms with Crippen molar-refractivity contribution in [2.45, 2.75) is 139 Å². The minimum Gasteiger partial charge on any atom is -0.431 e. The van der Waals surface area contributed by atoms with E-state index >= 15 is 0 Å². The van der Waals surface area contributed by atoms with E-state index in [1.54, 1.807) is 20.8 Å². The van der Waals surface area contributed by atoms with Gasteiger partial charge in [-0.1, -0.05) is 96.3 Å². The first kappa shape index (κ1) is 31.0. The van der Waals surface area contributed by atoms with Gasteiger partial charge < -0.3 is 20.9 Å². The van der Waals surface area contributed by atoms with E-state index < -0.39 is 13.9 Å². The van der Waals surface area contributed by atoms with Crippen LogP contribution in [0.5, 0.6) is 0 Å². The summed E-state index contributed by atoms with van der Waals surface area (Å²) in [4.78, 5) is 12.0. The summed E-state index contributed by atoms with van der Waals surface area (Å²) in [6.45, 7) is 5.23. The summed E-state index contributed by atoms with van der Waals surface area (Å²) in [7, 11) is -2.05. The molecule has 0 radical (unpaired) electrons. The molecular formula is C22H48O4SiTi. The van der Waals surface area contributed by atoms with E-state index in [9.17, 15) is 4.80 Å². The molecule has 3 fully saturated rings. The third-order valence-electron chi connectivity index (χ3n) is 6.78. The maximum Gasteiger partial charge on any atom is 0.197 e. The molecule has 0 spiro atoms. The predicted molar refractivity (Wildman–Crippen MR) is 118 cm³/mol. The second-order valence-corrected chi connectivity index (χ2v) is 14.3. The van der Waals surface area contributed by atoms with Crippen molar-refractivity contribution in [3.63, 3.8) is 0 Å². The van der Waals surface area contributed by atoms with Gasteiger partial charge in [0, 0.05) is 21.7 Å². The van der Waals surface area contributed by atoms with Gasteiger partial charge in [0.2, 0.25) is 0 Å². The number of hydrogen-bond donors (Lipinski definition) is 2. The standard InChI is InChI=1S/C18H34OSi.C4H10O.2H2O.Ti/c19-20(16-10-4-1-5-11-16,17-12-6-2-7-13-17)18-14-8-3-9-15-18;1-4(2,3)5;;;/h16-19H,1-15H2;5H,1-3H3;2*1H2;. The Morgan fingerprint density at radius 3 is 0.929 bits per heavy atom. The van der Waals surface area contributed by atoms with Crippen LogP contribution in [-0.2, 0) is 21.7 Å². The molecule has 3 aliphatic carbocycles. The third kappa shape index (κ3) is 9.72. The first-order valence-electron chi connectivity index (χ1n) is 11.3. The van der Waals surface area contributed by atoms with E-state index in [1.807, 2.05) is 0 Å². The Morgan fingerprint density at radius 1 is 0.571 bits per heavy atom. The number of rotatable bonds is 3. The maximum absolute atomic E-state index is 12.0. The van der Waals surface area contributed by atoms with Crippen LogP contribution in [0.15, 0.2) is 0 Å². The maximum atomic E-state index is 12.0. The SMILES string of the molecule is CC(C)(C)O.O.O.O[Si](C1CCCCC1)(C1CCCCC1)C1CCCCC1.[Ti]. The average Bonchev–Trinajstić information content (AvgIpc) is 2.62. The zero-order valence-corrected chi connectivity index (χ0v) is 21.3. The van der Waals surface area contributed by atoms with Crippen molar-refractivity contribution < 1.29 is 42.6 Å². The van der Waals surface area contributed by atoms with Crippen molar-refractivity contribution in [3.8, 4) is 0 Å². The van der Waals surface area contributed by atoms with Crippen LogP contribution >= 0.6 is 0 Å². The molecule has 6 N–H and O–H groups in total. The van der Waals surface area contributed by atoms with Crippen molar-refractivity contribution >= 4 is 8.32 Å². The van der Waals surface area contributed by atoms with Gasteiger partial charge in [-0.25, -0.2) is 0 Å². The van der Waals surface area contributed by atoms with Crippen LogP contribution in [-0.4, -0.2) is 34.8 Å². The van der Waals surface area contributed by atoms with Crippen molar-refractivity contribution in [1.29, 1.82) is 0 Å². The van der Waals surface area contributed by atoms with Crippen LogP contribution in [0.3, 0.4) is 0 Å². The summed E-state index contributed by atoms with van der Waals surface area (Å²) in [5.41, 5.74) is 1.80. The Kier molecular flexibility index (Phi) is 16.3. The van der Waals surface area contributed by atoms with Gasteiger partial charge >= 0.3 is 0 Å². The molecule has 3 aliphatic rings. The normalized spacial score (nSPS) is 22.6. The van der Waals surface area contributed by atoms with Crippen molar-refractivity contribution in [1.82, 2.24) is 0 Å². The Bertz CT molecular complexity index is 320. The smallest absolute Gasteiger partial charge is 0.197 e. The van der Waals surface area contributed by atoms with Crippen LogP contribution in [0.1, 0.15) is 117 Å². The molecule has 0 heterocycles. The van der Waals surface area contributed by atoms with E-state index in [0.717, 1.165) is 16.6 Å². The Hall–Kier alpha value is 0.771. The van der Waals surface area contributed by atoms with Crippen LogP contribution in [0.4, 0.5) is 0 Å². The summed E-state index contributed by atoms with van der Waals surface area (Å²) >= 11 is 0. The molecule has 0 unspecified atom stereocenters. The van der Waals surface area contributed by atoms with E-state index in [-0.39, 0.29) is 32.7 Å². The van der Waals surface area contributed by atoms with Gasteiger partial charge in [-0.3, -0.25) is 0 Å². The van der Waals surface area contributed by atoms with Crippen LogP contribution in [0.2, 0.25) is 16.6 Å². The first-order valence-corrected chi connectivity index (χ1v) is 13.4. The Labute approximate surface area is 189 Å². The second-order valence-electron chi connectivity index (χ2n) is 10.1. The van der Waals surface area contributed by atoms with Crippen molar-refractivity contribution in [2.24, 2.45) is 0 Å². The first-order chi connectivity index (χ1) is 11.8. The van der Waals surface area contributed by atoms with E-state index in [2.05, 4.69) is 0 Å². The molecule has 0 aromatic carbocycles. The molecule has 3 rings (SSSR count). The van der Waals surface area contributed by atoms with Gasteiger partial charge in [0.15, 0.2) is 8.32 Å². The summed E-state index contributed by atoms with van der Waals surface area (Å²) in [6.07, 6.45) is 20.9. The molecule has 0 aromatic rings. The quantitative estimate of drug-likeness (QED) is 0.585. The zero-order valence-electron chi connectivity index (χ0n) is 18.7. The van der Waals surface area contributed by atoms with Crippen molar-refractivity contribution in [3.05, 3.63) is 0 Å². The van der Waals surface area contributed by atoms with Gasteiger partial charge in [-0.2, -0.15) is 0 Å². The Morgan fingerprint density at radius 2 is 0.750 bits per heavy atom. The zero-order chi connectivity index (χ0) is 18.3. The fraction of sp³-hybridized carbons (Fsp3) is 1.00. The molecule has 6 heteroatoms. The molecule has 0 aliphatic heterocycles. The molecule has 168 valence electrons. The van der Waals surface area contributed by atoms with Gasteiger partial charge in [0.25, 0.3) is 0 Å². The predicted octanol–water partition coefficient (Wildman–Crippen LogP) is 5.05. The third-order valence-corrected chi connectivity index (χ3v) is 12.4. The molecule has 3 saturated carbocycles. The van der Waals surface area contributed by atoms with E-state index in [1.165, 1.54) is 96.3 Å². The van der Waals surface area contributed by atoms with E-state index in [0.29, 0.717) is 0 Å². The van der Waals surface area contributed by atoms with Gasteiger partial charge in [0.05, 0.1) is 5.60 Å². The van der Waals surface area contributed by atoms with Gasteiger partial charge in [0.1, 0.15) is 0 Å². The minimum atomic E-state index is -2.05. The topological polar surface area (TPSA) is 103 Å². The minimum absolute atomic E-state index is 0. The molecule has 0 saturated heterocycles. The molecule has 0 aromatic heterocycles. The molecule has 0 amide bonds. The fourth-order valence-corrected chi connectivity index (χ4v) is 11.7. The molecule has 28 heavy (non-hydrogen) atoms. The summed E-state index contributed by atoms with van der Waals surface area (Å²) in [5, 5.41) is 8.52. The van der Waals surface area contributed by atoms with Crippen LogP contribution in [0.25, 0.3) is 0 Å². The average molecular weight is 453 g/mol. The monoisotopic (exact) mass is 452 g/mol. The fourth-order valence-electron chi connectivity index (χ4n) is 5.70. The summed E-state index contributed by atoms with van der Waals surface area (Å²) < 4.78 is 0. The molecule has 4 nitrogen and oxygen atoms in total. The summed E-state index contributed by atoms with van der Waals surface area (Å²) in [6, 6.07) is 0. The number of hydrogen-bond acceptors (Lipinski definition) is 2. The van der Waals surface area contributed by atoms with Crippen molar-refractivity contribution in [2.75, 3.05) is 0 Å². The summed E-state index contributed by atoms with van der Waals surface area (Å²) in [5.74, 6) is 0. The van der Waals surface area contributed by atoms with Crippen LogP contribution in [0, 0.1) is 0 Å². The Balaban J connectivity index is 0. The second kappa shape index (κ2) is 14.7. The molecule has 0 bridgehead atoms. The van der Waals surface area contributed by atoms with Gasteiger partial charge in [-0.05, 0) is 37.4 Å². The van der Waals surface area contributed by atoms with E-state index in [4.69, 9.17) is 5.11 Å². The largest absolute Gasteiger partial charge is 0.431 e. The molecule has 0 atom stereocenters. The van der Waals surface area contributed by atoms with Gasteiger partial charge in [-0.15, -0.1) is 0 Å². The van der Waals surface area contributed by atoms with Crippen LogP contribution < -0.4 is 0 Å². The number of aliphatic hydroxyl groups is 1. The molecular weight excluding hydrogens is 404 g/mol.